The second-order valence-corrected chi connectivity index (χ2v) is 9.39. The standard InChI is InChI=1S/C18H21N3O4S2/c1-19-17(22)13-6-8-15(9-7-13)20-18(23)14-4-2-10-21(12-14)27(24,25)16-5-3-11-26-16/h3,5-9,11,14H,2,4,10,12H2,1H3,(H,19,22)(H,20,23)/t14-/m1/s1. The number of hydrogen-bond acceptors (Lipinski definition) is 5. The maximum absolute atomic E-state index is 12.7. The number of benzene rings is 1. The van der Waals surface area contributed by atoms with Gasteiger partial charge in [-0.25, -0.2) is 8.42 Å². The molecule has 0 spiro atoms. The molecule has 2 N–H and O–H groups in total. The lowest BCUT2D eigenvalue weighted by molar-refractivity contribution is -0.120. The van der Waals surface area contributed by atoms with Gasteiger partial charge in [0.05, 0.1) is 5.92 Å². The predicted molar refractivity (Wildman–Crippen MR) is 104 cm³/mol. The van der Waals surface area contributed by atoms with E-state index in [1.165, 1.54) is 15.6 Å². The zero-order valence-corrected chi connectivity index (χ0v) is 16.5. The van der Waals surface area contributed by atoms with Crippen LogP contribution in [0.2, 0.25) is 0 Å². The SMILES string of the molecule is CNC(=O)c1ccc(NC(=O)[C@@H]2CCCN(S(=O)(=O)c3cccs3)C2)cc1. The monoisotopic (exact) mass is 407 g/mol. The lowest BCUT2D eigenvalue weighted by Gasteiger charge is -2.30. The Balaban J connectivity index is 1.66. The third kappa shape index (κ3) is 4.37. The Morgan fingerprint density at radius 3 is 2.56 bits per heavy atom. The van der Waals surface area contributed by atoms with Gasteiger partial charge in [-0.05, 0) is 48.6 Å². The molecule has 1 aromatic carbocycles. The normalized spacial score (nSPS) is 18.0. The Morgan fingerprint density at radius 1 is 1.19 bits per heavy atom. The highest BCUT2D eigenvalue weighted by molar-refractivity contribution is 7.91. The van der Waals surface area contributed by atoms with Gasteiger partial charge in [0, 0.05) is 31.4 Å². The van der Waals surface area contributed by atoms with Gasteiger partial charge in [0.25, 0.3) is 15.9 Å². The van der Waals surface area contributed by atoms with Crippen LogP contribution in [-0.4, -0.2) is 44.7 Å². The van der Waals surface area contributed by atoms with Crippen molar-refractivity contribution in [3.05, 3.63) is 47.3 Å². The molecule has 2 amide bonds. The molecule has 0 unspecified atom stereocenters. The highest BCUT2D eigenvalue weighted by Crippen LogP contribution is 2.27. The zero-order valence-electron chi connectivity index (χ0n) is 14.8. The zero-order chi connectivity index (χ0) is 19.4. The maximum atomic E-state index is 12.7. The molecule has 0 bridgehead atoms. The van der Waals surface area contributed by atoms with Crippen LogP contribution in [0.4, 0.5) is 5.69 Å². The van der Waals surface area contributed by atoms with E-state index >= 15 is 0 Å². The van der Waals surface area contributed by atoms with Crippen molar-refractivity contribution in [1.29, 1.82) is 0 Å². The minimum atomic E-state index is -3.55. The summed E-state index contributed by atoms with van der Waals surface area (Å²) in [5.41, 5.74) is 1.08. The van der Waals surface area contributed by atoms with Gasteiger partial charge in [0.1, 0.15) is 4.21 Å². The van der Waals surface area contributed by atoms with Crippen LogP contribution >= 0.6 is 11.3 Å². The van der Waals surface area contributed by atoms with Gasteiger partial charge in [-0.15, -0.1) is 11.3 Å². The molecule has 7 nitrogen and oxygen atoms in total. The summed E-state index contributed by atoms with van der Waals surface area (Å²) >= 11 is 1.18. The van der Waals surface area contributed by atoms with Gasteiger partial charge < -0.3 is 10.6 Å². The number of nitrogens with one attached hydrogen (secondary N) is 2. The van der Waals surface area contributed by atoms with E-state index < -0.39 is 15.9 Å². The summed E-state index contributed by atoms with van der Waals surface area (Å²) in [4.78, 5) is 24.2. The molecule has 1 aliphatic rings. The van der Waals surface area contributed by atoms with Crippen molar-refractivity contribution in [3.8, 4) is 0 Å². The van der Waals surface area contributed by atoms with E-state index in [1.54, 1.807) is 48.8 Å². The topological polar surface area (TPSA) is 95.6 Å². The Bertz CT molecular complexity index is 909. The molecule has 1 aliphatic heterocycles. The molecule has 1 saturated heterocycles. The van der Waals surface area contributed by atoms with Crippen LogP contribution in [0.1, 0.15) is 23.2 Å². The summed E-state index contributed by atoms with van der Waals surface area (Å²) < 4.78 is 27.0. The fourth-order valence-corrected chi connectivity index (χ4v) is 5.67. The number of sulfonamides is 1. The Labute approximate surface area is 162 Å². The third-order valence-corrected chi connectivity index (χ3v) is 7.72. The molecular weight excluding hydrogens is 386 g/mol. The minimum Gasteiger partial charge on any atom is -0.355 e. The molecule has 2 heterocycles. The highest BCUT2D eigenvalue weighted by atomic mass is 32.2. The lowest BCUT2D eigenvalue weighted by atomic mass is 9.98. The average molecular weight is 408 g/mol. The molecule has 3 rings (SSSR count). The number of amides is 2. The fourth-order valence-electron chi connectivity index (χ4n) is 3.01. The van der Waals surface area contributed by atoms with Gasteiger partial charge in [-0.3, -0.25) is 9.59 Å². The molecule has 0 saturated carbocycles. The minimum absolute atomic E-state index is 0.169. The van der Waals surface area contributed by atoms with Crippen LogP contribution in [0.3, 0.4) is 0 Å². The van der Waals surface area contributed by atoms with Crippen LogP contribution in [0.15, 0.2) is 46.0 Å². The van der Waals surface area contributed by atoms with Gasteiger partial charge in [0.15, 0.2) is 0 Å². The van der Waals surface area contributed by atoms with Crippen molar-refractivity contribution in [2.45, 2.75) is 17.1 Å². The molecule has 27 heavy (non-hydrogen) atoms. The average Bonchev–Trinajstić information content (AvgIpc) is 3.24. The molecule has 9 heteroatoms. The van der Waals surface area contributed by atoms with E-state index in [9.17, 15) is 18.0 Å². The van der Waals surface area contributed by atoms with Gasteiger partial charge in [-0.2, -0.15) is 4.31 Å². The highest BCUT2D eigenvalue weighted by Gasteiger charge is 2.33. The van der Waals surface area contributed by atoms with Crippen molar-refractivity contribution in [2.75, 3.05) is 25.5 Å². The molecule has 0 radical (unpaired) electrons. The first-order valence-corrected chi connectivity index (χ1v) is 10.9. The molecule has 144 valence electrons. The number of hydrogen-bond donors (Lipinski definition) is 2. The Morgan fingerprint density at radius 2 is 1.93 bits per heavy atom. The second kappa shape index (κ2) is 8.20. The fraction of sp³-hybridized carbons (Fsp3) is 0.333. The number of nitrogens with zero attached hydrogens (tertiary/aromatic N) is 1. The van der Waals surface area contributed by atoms with Crippen molar-refractivity contribution in [3.63, 3.8) is 0 Å². The molecule has 1 atom stereocenters. The molecule has 1 aromatic heterocycles. The summed E-state index contributed by atoms with van der Waals surface area (Å²) in [6.07, 6.45) is 1.27. The van der Waals surface area contributed by atoms with E-state index in [0.717, 1.165) is 0 Å². The van der Waals surface area contributed by atoms with Gasteiger partial charge in [-0.1, -0.05) is 6.07 Å². The maximum Gasteiger partial charge on any atom is 0.252 e. The number of rotatable bonds is 5. The Hall–Kier alpha value is -2.23. The first kappa shape index (κ1) is 19.5. The number of carbonyl (C=O) groups excluding carboxylic acids is 2. The third-order valence-electron chi connectivity index (χ3n) is 4.49. The van der Waals surface area contributed by atoms with E-state index in [2.05, 4.69) is 10.6 Å². The summed E-state index contributed by atoms with van der Waals surface area (Å²) in [5.74, 6) is -0.824. The largest absolute Gasteiger partial charge is 0.355 e. The van der Waals surface area contributed by atoms with E-state index in [-0.39, 0.29) is 18.4 Å². The predicted octanol–water partition coefficient (Wildman–Crippen LogP) is 2.15. The number of carbonyl (C=O) groups is 2. The second-order valence-electron chi connectivity index (χ2n) is 6.28. The van der Waals surface area contributed by atoms with E-state index in [1.807, 2.05) is 0 Å². The van der Waals surface area contributed by atoms with E-state index in [0.29, 0.717) is 34.8 Å². The van der Waals surface area contributed by atoms with Gasteiger partial charge in [0.2, 0.25) is 5.91 Å². The number of piperidine rings is 1. The lowest BCUT2D eigenvalue weighted by Crippen LogP contribution is -2.43. The smallest absolute Gasteiger partial charge is 0.252 e. The Kier molecular flexibility index (Phi) is 5.93. The number of thiophene rings is 1. The van der Waals surface area contributed by atoms with Crippen LogP contribution in [0, 0.1) is 5.92 Å². The van der Waals surface area contributed by atoms with Crippen LogP contribution in [-0.2, 0) is 14.8 Å². The van der Waals surface area contributed by atoms with Crippen molar-refractivity contribution < 1.29 is 18.0 Å². The summed E-state index contributed by atoms with van der Waals surface area (Å²) in [7, 11) is -2.00. The molecular formula is C18H21N3O4S2. The van der Waals surface area contributed by atoms with E-state index in [4.69, 9.17) is 0 Å². The van der Waals surface area contributed by atoms with Crippen LogP contribution in [0.5, 0.6) is 0 Å². The molecule has 1 fully saturated rings. The van der Waals surface area contributed by atoms with Crippen molar-refractivity contribution in [2.24, 2.45) is 5.92 Å². The number of anilines is 1. The molecule has 0 aliphatic carbocycles. The quantitative estimate of drug-likeness (QED) is 0.794. The summed E-state index contributed by atoms with van der Waals surface area (Å²) in [6.45, 7) is 0.591. The summed E-state index contributed by atoms with van der Waals surface area (Å²) in [5, 5.41) is 7.07. The molecule has 2 aromatic rings. The van der Waals surface area contributed by atoms with Crippen molar-refractivity contribution >= 4 is 38.9 Å². The van der Waals surface area contributed by atoms with Crippen LogP contribution in [0.25, 0.3) is 0 Å². The van der Waals surface area contributed by atoms with Crippen LogP contribution < -0.4 is 10.6 Å². The van der Waals surface area contributed by atoms with Gasteiger partial charge >= 0.3 is 0 Å². The van der Waals surface area contributed by atoms with Crippen molar-refractivity contribution in [1.82, 2.24) is 9.62 Å². The first-order chi connectivity index (χ1) is 12.9. The first-order valence-electron chi connectivity index (χ1n) is 8.58. The summed E-state index contributed by atoms with van der Waals surface area (Å²) in [6, 6.07) is 9.86.